The van der Waals surface area contributed by atoms with Crippen LogP contribution in [0, 0.1) is 0 Å². The zero-order valence-electron chi connectivity index (χ0n) is 33.2. The Morgan fingerprint density at radius 3 is 1.68 bits per heavy atom. The van der Waals surface area contributed by atoms with Gasteiger partial charge in [0.05, 0.1) is 16.8 Å². The molecule has 0 radical (unpaired) electrons. The molecule has 0 bridgehead atoms. The van der Waals surface area contributed by atoms with Gasteiger partial charge in [-0.1, -0.05) is 178 Å². The maximum atomic E-state index is 7.04. The van der Waals surface area contributed by atoms with E-state index in [1.807, 2.05) is 36.4 Å². The maximum absolute atomic E-state index is 7.04. The minimum atomic E-state index is -0.570. The number of benzene rings is 8. The van der Waals surface area contributed by atoms with Crippen molar-refractivity contribution >= 4 is 21.9 Å². The molecule has 10 aromatic rings. The van der Waals surface area contributed by atoms with Gasteiger partial charge in [-0.25, -0.2) is 9.97 Å². The van der Waals surface area contributed by atoms with Crippen molar-refractivity contribution in [2.45, 2.75) is 24.7 Å². The van der Waals surface area contributed by atoms with Crippen molar-refractivity contribution in [2.75, 3.05) is 0 Å². The molecule has 0 atom stereocenters. The zero-order valence-corrected chi connectivity index (χ0v) is 33.2. The number of aromatic nitrogens is 2. The third-order valence-electron chi connectivity index (χ3n) is 12.9. The van der Waals surface area contributed by atoms with Gasteiger partial charge in [0.1, 0.15) is 22.7 Å². The number of rotatable bonds is 4. The van der Waals surface area contributed by atoms with E-state index in [0.717, 1.165) is 83.8 Å². The first-order valence-corrected chi connectivity index (χ1v) is 20.6. The largest absolute Gasteiger partial charge is 0.456 e. The molecule has 0 fully saturated rings. The molecule has 2 aromatic heterocycles. The number of fused-ring (bicyclic) bond motifs is 11. The van der Waals surface area contributed by atoms with Crippen LogP contribution >= 0.6 is 0 Å². The molecule has 3 heterocycles. The van der Waals surface area contributed by atoms with Gasteiger partial charge in [-0.05, 0) is 58.1 Å². The number of hydrogen-bond acceptors (Lipinski definition) is 4. The molecule has 0 unspecified atom stereocenters. The van der Waals surface area contributed by atoms with E-state index in [2.05, 4.69) is 172 Å². The molecular weight excluding hydrogens is 733 g/mol. The highest BCUT2D eigenvalue weighted by Gasteiger charge is 2.53. The second-order valence-electron chi connectivity index (χ2n) is 16.5. The quantitative estimate of drug-likeness (QED) is 0.179. The van der Waals surface area contributed by atoms with Crippen molar-refractivity contribution in [1.82, 2.24) is 9.97 Å². The van der Waals surface area contributed by atoms with Crippen LogP contribution in [0.3, 0.4) is 0 Å². The summed E-state index contributed by atoms with van der Waals surface area (Å²) in [6.07, 6.45) is 0. The molecule has 4 heteroatoms. The first-order valence-electron chi connectivity index (χ1n) is 20.6. The van der Waals surface area contributed by atoms with E-state index < -0.39 is 5.41 Å². The number of hydrogen-bond donors (Lipinski definition) is 0. The fourth-order valence-corrected chi connectivity index (χ4v) is 10.0. The Morgan fingerprint density at radius 1 is 0.400 bits per heavy atom. The number of ether oxygens (including phenoxy) is 1. The number of para-hydroxylation sites is 3. The van der Waals surface area contributed by atoms with E-state index in [9.17, 15) is 0 Å². The summed E-state index contributed by atoms with van der Waals surface area (Å²) in [7, 11) is 0. The Balaban J connectivity index is 1.00. The van der Waals surface area contributed by atoms with Gasteiger partial charge in [0.25, 0.3) is 0 Å². The summed E-state index contributed by atoms with van der Waals surface area (Å²) in [6.45, 7) is 4.70. The SMILES string of the molecule is CC1(C)c2ccccc2C2(c3ccccc3Oc3c(-c4ccc(-c5cc(-c6ccccc6)nc(-c6ccc7c(c6)oc6ccccc67)n5)cc4)cccc32)c2ccccc21. The molecule has 12 rings (SSSR count). The molecule has 0 amide bonds. The summed E-state index contributed by atoms with van der Waals surface area (Å²) < 4.78 is 13.3. The minimum Gasteiger partial charge on any atom is -0.456 e. The Labute approximate surface area is 348 Å². The van der Waals surface area contributed by atoms with Crippen LogP contribution in [0.5, 0.6) is 11.5 Å². The second-order valence-corrected chi connectivity index (χ2v) is 16.5. The summed E-state index contributed by atoms with van der Waals surface area (Å²) in [5.41, 5.74) is 15.2. The Bertz CT molecular complexity index is 3270. The fourth-order valence-electron chi connectivity index (χ4n) is 10.0. The lowest BCUT2D eigenvalue weighted by Crippen LogP contribution is -2.43. The van der Waals surface area contributed by atoms with E-state index in [1.165, 1.54) is 22.3 Å². The summed E-state index contributed by atoms with van der Waals surface area (Å²) in [5, 5.41) is 2.17. The Hall–Kier alpha value is -7.56. The molecule has 284 valence electrons. The van der Waals surface area contributed by atoms with E-state index >= 15 is 0 Å². The average molecular weight is 771 g/mol. The van der Waals surface area contributed by atoms with Gasteiger partial charge in [-0.3, -0.25) is 0 Å². The Kier molecular flexibility index (Phi) is 7.45. The fraction of sp³-hybridized carbons (Fsp3) is 0.0714. The van der Waals surface area contributed by atoms with Gasteiger partial charge in [-0.2, -0.15) is 0 Å². The molecule has 4 nitrogen and oxygen atoms in total. The summed E-state index contributed by atoms with van der Waals surface area (Å²) >= 11 is 0. The van der Waals surface area contributed by atoms with Crippen LogP contribution in [0.4, 0.5) is 0 Å². The average Bonchev–Trinajstić information content (AvgIpc) is 3.69. The molecular formula is C56H38N2O2. The lowest BCUT2D eigenvalue weighted by Gasteiger charge is -2.50. The topological polar surface area (TPSA) is 48.2 Å². The van der Waals surface area contributed by atoms with Gasteiger partial charge in [0.15, 0.2) is 5.82 Å². The highest BCUT2D eigenvalue weighted by atomic mass is 16.5. The zero-order chi connectivity index (χ0) is 40.0. The first-order chi connectivity index (χ1) is 29.5. The summed E-state index contributed by atoms with van der Waals surface area (Å²) in [4.78, 5) is 10.3. The summed E-state index contributed by atoms with van der Waals surface area (Å²) in [5.74, 6) is 2.40. The maximum Gasteiger partial charge on any atom is 0.160 e. The van der Waals surface area contributed by atoms with Crippen LogP contribution in [-0.4, -0.2) is 9.97 Å². The van der Waals surface area contributed by atoms with E-state index in [0.29, 0.717) is 5.82 Å². The van der Waals surface area contributed by atoms with Crippen LogP contribution in [0.2, 0.25) is 0 Å². The molecule has 1 aliphatic carbocycles. The van der Waals surface area contributed by atoms with Gasteiger partial charge in [-0.15, -0.1) is 0 Å². The monoisotopic (exact) mass is 770 g/mol. The van der Waals surface area contributed by atoms with Crippen LogP contribution < -0.4 is 4.74 Å². The normalized spacial score (nSPS) is 14.2. The standard InChI is InChI=1S/C56H38N2O2/c1-55(2)42-19-7-9-21-44(42)56(45-22-10-8-20-43(45)55)46-23-11-13-26-51(46)60-53-39(18-14-24-47(53)56)35-27-29-37(30-28-35)49-34-48(36-15-4-3-5-16-36)57-54(58-49)38-31-32-41-40-17-6-12-25-50(40)59-52(41)33-38/h3-34H,1-2H3. The van der Waals surface area contributed by atoms with Gasteiger partial charge < -0.3 is 9.15 Å². The molecule has 8 aromatic carbocycles. The molecule has 2 aliphatic rings. The van der Waals surface area contributed by atoms with Crippen molar-refractivity contribution in [3.05, 3.63) is 228 Å². The lowest BCUT2D eigenvalue weighted by atomic mass is 9.53. The predicted molar refractivity (Wildman–Crippen MR) is 242 cm³/mol. The smallest absolute Gasteiger partial charge is 0.160 e. The minimum absolute atomic E-state index is 0.180. The second kappa shape index (κ2) is 13.0. The lowest BCUT2D eigenvalue weighted by molar-refractivity contribution is 0.427. The van der Waals surface area contributed by atoms with E-state index in [-0.39, 0.29) is 5.41 Å². The highest BCUT2D eigenvalue weighted by Crippen LogP contribution is 2.62. The molecule has 0 N–H and O–H groups in total. The first kappa shape index (κ1) is 34.5. The third-order valence-corrected chi connectivity index (χ3v) is 12.9. The van der Waals surface area contributed by atoms with Crippen molar-refractivity contribution in [3.8, 4) is 56.5 Å². The predicted octanol–water partition coefficient (Wildman–Crippen LogP) is 14.2. The number of nitrogens with zero attached hydrogens (tertiary/aromatic N) is 2. The molecule has 1 spiro atoms. The van der Waals surface area contributed by atoms with E-state index in [4.69, 9.17) is 19.1 Å². The van der Waals surface area contributed by atoms with Crippen LogP contribution in [0.1, 0.15) is 47.2 Å². The van der Waals surface area contributed by atoms with Gasteiger partial charge in [0.2, 0.25) is 0 Å². The van der Waals surface area contributed by atoms with Crippen LogP contribution in [0.25, 0.3) is 67.0 Å². The molecule has 1 aliphatic heterocycles. The van der Waals surface area contributed by atoms with Crippen molar-refractivity contribution in [3.63, 3.8) is 0 Å². The van der Waals surface area contributed by atoms with Crippen molar-refractivity contribution in [2.24, 2.45) is 0 Å². The third kappa shape index (κ3) is 4.97. The molecule has 0 saturated carbocycles. The summed E-state index contributed by atoms with van der Waals surface area (Å²) in [6, 6.07) is 68.7. The van der Waals surface area contributed by atoms with Gasteiger partial charge in [0, 0.05) is 49.6 Å². The highest BCUT2D eigenvalue weighted by molar-refractivity contribution is 6.05. The number of furan rings is 1. The van der Waals surface area contributed by atoms with Crippen molar-refractivity contribution < 1.29 is 9.15 Å². The molecule has 60 heavy (non-hydrogen) atoms. The molecule has 0 saturated heterocycles. The van der Waals surface area contributed by atoms with Gasteiger partial charge >= 0.3 is 0 Å². The Morgan fingerprint density at radius 2 is 0.950 bits per heavy atom. The van der Waals surface area contributed by atoms with Crippen LogP contribution in [-0.2, 0) is 10.8 Å². The van der Waals surface area contributed by atoms with E-state index in [1.54, 1.807) is 0 Å². The van der Waals surface area contributed by atoms with Crippen molar-refractivity contribution in [1.29, 1.82) is 0 Å². The van der Waals surface area contributed by atoms with Crippen LogP contribution in [0.15, 0.2) is 199 Å².